The number of amides is 3. The molecule has 3 aromatic carbocycles. The first kappa shape index (κ1) is 29.4. The Labute approximate surface area is 269 Å². The van der Waals surface area contributed by atoms with Crippen molar-refractivity contribution in [3.05, 3.63) is 101 Å². The summed E-state index contributed by atoms with van der Waals surface area (Å²) in [5, 5.41) is 5.57. The third kappa shape index (κ3) is 5.77. The molecule has 1 N–H and O–H groups in total. The lowest BCUT2D eigenvalue weighted by molar-refractivity contribution is -0.140. The number of para-hydroxylation sites is 1. The number of Topliss-reactive ketones (excluding diaryl/α,β-unsaturated/α-hetero) is 1. The summed E-state index contributed by atoms with van der Waals surface area (Å²) in [5.74, 6) is -1.33. The van der Waals surface area contributed by atoms with Crippen molar-refractivity contribution < 1.29 is 28.7 Å². The van der Waals surface area contributed by atoms with Gasteiger partial charge in [0.15, 0.2) is 11.5 Å². The number of rotatable bonds is 9. The number of nitrogens with one attached hydrogen (secondary N) is 1. The topological polar surface area (TPSA) is 118 Å². The highest BCUT2D eigenvalue weighted by Gasteiger charge is 2.41. The van der Waals surface area contributed by atoms with E-state index >= 15 is 0 Å². The lowest BCUT2D eigenvalue weighted by Crippen LogP contribution is -2.54. The lowest BCUT2D eigenvalue weighted by Gasteiger charge is -2.37. The molecule has 4 aromatic rings. The van der Waals surface area contributed by atoms with Gasteiger partial charge in [-0.3, -0.25) is 24.1 Å². The van der Waals surface area contributed by atoms with Crippen LogP contribution in [0.5, 0.6) is 11.5 Å². The monoisotopic (exact) mass is 634 g/mol. The molecule has 10 nitrogen and oxygen atoms in total. The molecular weight excluding hydrogens is 604 g/mol. The summed E-state index contributed by atoms with van der Waals surface area (Å²) in [5.41, 5.74) is 2.86. The van der Waals surface area contributed by atoms with E-state index in [1.54, 1.807) is 42.5 Å². The normalized spacial score (nSPS) is 17.1. The highest BCUT2D eigenvalue weighted by atomic mass is 32.1. The predicted octanol–water partition coefficient (Wildman–Crippen LogP) is 5.46. The number of ether oxygens (including phenoxy) is 2. The van der Waals surface area contributed by atoms with Crippen LogP contribution in [0.3, 0.4) is 0 Å². The molecule has 0 unspecified atom stereocenters. The third-order valence-electron chi connectivity index (χ3n) is 8.42. The van der Waals surface area contributed by atoms with Crippen LogP contribution in [-0.4, -0.2) is 52.8 Å². The summed E-state index contributed by atoms with van der Waals surface area (Å²) in [6, 6.07) is 20.6. The quantitative estimate of drug-likeness (QED) is 0.192. The van der Waals surface area contributed by atoms with Crippen molar-refractivity contribution in [2.24, 2.45) is 5.92 Å². The molecule has 0 spiro atoms. The molecule has 7 rings (SSSR count). The minimum Gasteiger partial charge on any atom is -0.454 e. The number of carbonyl (C=O) groups excluding carboxylic acids is 4. The number of hydrogen-bond donors (Lipinski definition) is 1. The van der Waals surface area contributed by atoms with Gasteiger partial charge in [-0.05, 0) is 49.4 Å². The van der Waals surface area contributed by atoms with Crippen LogP contribution in [0.1, 0.15) is 34.6 Å². The molecule has 46 heavy (non-hydrogen) atoms. The second-order valence-corrected chi connectivity index (χ2v) is 12.2. The van der Waals surface area contributed by atoms with E-state index in [4.69, 9.17) is 14.5 Å². The van der Waals surface area contributed by atoms with Crippen LogP contribution >= 0.6 is 11.3 Å². The fraction of sp³-hybridized carbons (Fsp3) is 0.229. The first-order valence-corrected chi connectivity index (χ1v) is 15.9. The van der Waals surface area contributed by atoms with E-state index in [1.165, 1.54) is 21.1 Å². The Balaban J connectivity index is 1.23. The SMILES string of the molecule is O=C1C(=O)N(CC(=O)N(Cc2nc(-c3ccccc3)cs2)[C@@H](C(=O)Nc2ccc3c(c2)OCO3)[C@H]2CC=CCC2)c2ccccc21. The number of fused-ring (bicyclic) bond motifs is 2. The Morgan fingerprint density at radius 1 is 1.00 bits per heavy atom. The standard InChI is InChI=1S/C35H30N4O6S/c40-31(19-38-27-14-8-7-13-25(27)33(41)35(38)43)39(18-30-37-26(20-46-30)22-9-3-1-4-10-22)32(23-11-5-2-6-12-23)34(42)36-24-15-16-28-29(17-24)45-21-44-28/h1-5,7-10,13-17,20,23,32H,6,11-12,18-19,21H2,(H,36,42)/t23-,32+/m0/s1. The van der Waals surface area contributed by atoms with Gasteiger partial charge in [-0.2, -0.15) is 0 Å². The maximum atomic E-state index is 14.4. The molecule has 0 bridgehead atoms. The molecule has 1 aliphatic carbocycles. The van der Waals surface area contributed by atoms with Gasteiger partial charge in [-0.1, -0.05) is 54.6 Å². The Morgan fingerprint density at radius 2 is 1.80 bits per heavy atom. The molecule has 232 valence electrons. The van der Waals surface area contributed by atoms with Crippen molar-refractivity contribution in [2.75, 3.05) is 23.6 Å². The summed E-state index contributed by atoms with van der Waals surface area (Å²) in [4.78, 5) is 62.0. The molecule has 3 amide bonds. The number of carbonyl (C=O) groups is 4. The Hall–Kier alpha value is -5.29. The van der Waals surface area contributed by atoms with Gasteiger partial charge in [0.25, 0.3) is 11.7 Å². The number of nitrogens with zero attached hydrogens (tertiary/aromatic N) is 3. The fourth-order valence-electron chi connectivity index (χ4n) is 6.15. The van der Waals surface area contributed by atoms with E-state index in [0.717, 1.165) is 17.7 Å². The second kappa shape index (κ2) is 12.6. The molecular formula is C35H30N4O6S. The number of hydrogen-bond acceptors (Lipinski definition) is 8. The minimum atomic E-state index is -0.893. The van der Waals surface area contributed by atoms with Crippen LogP contribution in [0, 0.1) is 5.92 Å². The molecule has 0 saturated carbocycles. The highest BCUT2D eigenvalue weighted by molar-refractivity contribution is 7.09. The van der Waals surface area contributed by atoms with Crippen LogP contribution in [0.4, 0.5) is 11.4 Å². The number of ketones is 1. The van der Waals surface area contributed by atoms with Crippen molar-refractivity contribution in [2.45, 2.75) is 31.8 Å². The van der Waals surface area contributed by atoms with Crippen LogP contribution < -0.4 is 19.7 Å². The van der Waals surface area contributed by atoms with Crippen molar-refractivity contribution >= 4 is 46.2 Å². The van der Waals surface area contributed by atoms with E-state index in [-0.39, 0.29) is 30.7 Å². The van der Waals surface area contributed by atoms with E-state index in [0.29, 0.717) is 40.7 Å². The molecule has 2 aliphatic heterocycles. The smallest absolute Gasteiger partial charge is 0.299 e. The summed E-state index contributed by atoms with van der Waals surface area (Å²) in [7, 11) is 0. The number of thiazole rings is 1. The van der Waals surface area contributed by atoms with E-state index in [9.17, 15) is 19.2 Å². The highest BCUT2D eigenvalue weighted by Crippen LogP contribution is 2.36. The van der Waals surface area contributed by atoms with Gasteiger partial charge < -0.3 is 19.7 Å². The summed E-state index contributed by atoms with van der Waals surface area (Å²) in [6.07, 6.45) is 6.17. The number of allylic oxidation sites excluding steroid dienone is 2. The maximum absolute atomic E-state index is 14.4. The van der Waals surface area contributed by atoms with Crippen molar-refractivity contribution in [3.8, 4) is 22.8 Å². The first-order valence-electron chi connectivity index (χ1n) is 15.1. The largest absolute Gasteiger partial charge is 0.454 e. The third-order valence-corrected chi connectivity index (χ3v) is 9.25. The van der Waals surface area contributed by atoms with Crippen molar-refractivity contribution in [1.82, 2.24) is 9.88 Å². The molecule has 0 fully saturated rings. The predicted molar refractivity (Wildman–Crippen MR) is 173 cm³/mol. The van der Waals surface area contributed by atoms with Gasteiger partial charge >= 0.3 is 0 Å². The molecule has 11 heteroatoms. The molecule has 2 atom stereocenters. The lowest BCUT2D eigenvalue weighted by atomic mass is 9.86. The summed E-state index contributed by atoms with van der Waals surface area (Å²) < 4.78 is 10.9. The second-order valence-electron chi connectivity index (χ2n) is 11.3. The fourth-order valence-corrected chi connectivity index (χ4v) is 6.95. The Morgan fingerprint density at radius 3 is 2.63 bits per heavy atom. The van der Waals surface area contributed by atoms with Crippen LogP contribution in [0.25, 0.3) is 11.3 Å². The molecule has 0 radical (unpaired) electrons. The molecule has 0 saturated heterocycles. The Kier molecular flexibility index (Phi) is 8.06. The number of aromatic nitrogens is 1. The van der Waals surface area contributed by atoms with Gasteiger partial charge in [0.05, 0.1) is 23.5 Å². The molecule has 1 aromatic heterocycles. The summed E-state index contributed by atoms with van der Waals surface area (Å²) in [6.45, 7) is -0.242. The first-order chi connectivity index (χ1) is 22.5. The average Bonchev–Trinajstić information content (AvgIpc) is 3.81. The summed E-state index contributed by atoms with van der Waals surface area (Å²) >= 11 is 1.40. The van der Waals surface area contributed by atoms with Gasteiger partial charge in [-0.15, -0.1) is 11.3 Å². The number of anilines is 2. The minimum absolute atomic E-state index is 0.0490. The molecule has 3 aliphatic rings. The van der Waals surface area contributed by atoms with E-state index in [2.05, 4.69) is 11.4 Å². The zero-order valence-electron chi connectivity index (χ0n) is 24.8. The zero-order valence-corrected chi connectivity index (χ0v) is 25.6. The van der Waals surface area contributed by atoms with Gasteiger partial charge in [0, 0.05) is 22.7 Å². The van der Waals surface area contributed by atoms with E-state index < -0.39 is 30.2 Å². The maximum Gasteiger partial charge on any atom is 0.299 e. The van der Waals surface area contributed by atoms with E-state index in [1.807, 2.05) is 41.8 Å². The van der Waals surface area contributed by atoms with Gasteiger partial charge in [-0.25, -0.2) is 4.98 Å². The van der Waals surface area contributed by atoms with Crippen molar-refractivity contribution in [1.29, 1.82) is 0 Å². The average molecular weight is 635 g/mol. The Bertz CT molecular complexity index is 1850. The molecule has 3 heterocycles. The van der Waals surface area contributed by atoms with Crippen LogP contribution in [-0.2, 0) is 20.9 Å². The van der Waals surface area contributed by atoms with Gasteiger partial charge in [0.2, 0.25) is 18.6 Å². The number of benzene rings is 3. The van der Waals surface area contributed by atoms with Crippen molar-refractivity contribution in [3.63, 3.8) is 0 Å². The zero-order chi connectivity index (χ0) is 31.6. The van der Waals surface area contributed by atoms with Crippen LogP contribution in [0.15, 0.2) is 90.3 Å². The van der Waals surface area contributed by atoms with Crippen LogP contribution in [0.2, 0.25) is 0 Å². The van der Waals surface area contributed by atoms with Gasteiger partial charge in [0.1, 0.15) is 17.6 Å².